The maximum Gasteiger partial charge on any atom is 0.384 e. The third-order valence-corrected chi connectivity index (χ3v) is 3.34. The van der Waals surface area contributed by atoms with Crippen LogP contribution >= 0.6 is 0 Å². The fraction of sp³-hybridized carbons (Fsp3) is 0.400. The van der Waals surface area contributed by atoms with Crippen molar-refractivity contribution in [3.05, 3.63) is 23.8 Å². The summed E-state index contributed by atoms with van der Waals surface area (Å²) in [5.74, 6) is 0.334. The van der Waals surface area contributed by atoms with Crippen LogP contribution < -0.4 is 8.92 Å². The lowest BCUT2D eigenvalue weighted by Crippen LogP contribution is -2.27. The van der Waals surface area contributed by atoms with Gasteiger partial charge in [0.1, 0.15) is 0 Å². The average molecular weight is 261 g/mol. The Kier molecular flexibility index (Phi) is 4.33. The van der Waals surface area contributed by atoms with E-state index in [0.29, 0.717) is 5.56 Å². The summed E-state index contributed by atoms with van der Waals surface area (Å²) in [7, 11) is 0.286. The van der Waals surface area contributed by atoms with Gasteiger partial charge in [0.2, 0.25) is 0 Å². The van der Waals surface area contributed by atoms with Gasteiger partial charge in [0, 0.05) is 14.1 Å². The van der Waals surface area contributed by atoms with Crippen molar-refractivity contribution in [1.29, 1.82) is 0 Å². The second-order valence-corrected chi connectivity index (χ2v) is 5.22. The van der Waals surface area contributed by atoms with Gasteiger partial charge in [-0.2, -0.15) is 12.7 Å². The van der Waals surface area contributed by atoms with E-state index in [1.54, 1.807) is 6.07 Å². The Labute approximate surface area is 101 Å². The molecule has 1 aromatic rings. The molecule has 6 nitrogen and oxygen atoms in total. The minimum Gasteiger partial charge on any atom is -0.493 e. The molecule has 7 heteroatoms. The van der Waals surface area contributed by atoms with E-state index < -0.39 is 10.3 Å². The predicted octanol–water partition coefficient (Wildman–Crippen LogP) is 0.373. The van der Waals surface area contributed by atoms with Gasteiger partial charge in [-0.15, -0.1) is 0 Å². The smallest absolute Gasteiger partial charge is 0.384 e. The summed E-state index contributed by atoms with van der Waals surface area (Å²) in [5, 5.41) is 8.98. The number of methoxy groups -OCH3 is 1. The van der Waals surface area contributed by atoms with Crippen LogP contribution in [0, 0.1) is 0 Å². The molecule has 1 rings (SSSR count). The molecule has 0 bridgehead atoms. The van der Waals surface area contributed by atoms with Crippen molar-refractivity contribution in [1.82, 2.24) is 4.31 Å². The number of aliphatic hydroxyl groups excluding tert-OH is 1. The lowest BCUT2D eigenvalue weighted by atomic mass is 10.2. The molecule has 0 fully saturated rings. The Morgan fingerprint density at radius 3 is 2.41 bits per heavy atom. The molecule has 0 aliphatic heterocycles. The maximum absolute atomic E-state index is 11.6. The molecule has 0 saturated carbocycles. The van der Waals surface area contributed by atoms with E-state index in [1.165, 1.54) is 33.3 Å². The first-order valence-electron chi connectivity index (χ1n) is 4.80. The lowest BCUT2D eigenvalue weighted by Gasteiger charge is -2.14. The molecule has 96 valence electrons. The quantitative estimate of drug-likeness (QED) is 0.829. The van der Waals surface area contributed by atoms with Gasteiger partial charge in [0.25, 0.3) is 0 Å². The zero-order valence-corrected chi connectivity index (χ0v) is 10.7. The number of rotatable bonds is 5. The van der Waals surface area contributed by atoms with Crippen molar-refractivity contribution < 1.29 is 22.4 Å². The Morgan fingerprint density at radius 1 is 1.29 bits per heavy atom. The van der Waals surface area contributed by atoms with Crippen molar-refractivity contribution in [3.63, 3.8) is 0 Å². The molecule has 0 aliphatic rings. The van der Waals surface area contributed by atoms with Crippen LogP contribution in [0.3, 0.4) is 0 Å². The number of hydrogen-bond donors (Lipinski definition) is 1. The number of hydrogen-bond acceptors (Lipinski definition) is 5. The number of benzene rings is 1. The highest BCUT2D eigenvalue weighted by Crippen LogP contribution is 2.29. The SMILES string of the molecule is COc1ccc(CO)cc1OS(=O)(=O)N(C)C. The van der Waals surface area contributed by atoms with E-state index in [1.807, 2.05) is 0 Å². The Bertz CT molecular complexity index is 483. The first-order chi connectivity index (χ1) is 7.90. The Hall–Kier alpha value is -1.31. The molecule has 0 atom stereocenters. The molecule has 0 unspecified atom stereocenters. The van der Waals surface area contributed by atoms with Gasteiger partial charge >= 0.3 is 10.3 Å². The van der Waals surface area contributed by atoms with Gasteiger partial charge in [-0.1, -0.05) is 6.07 Å². The van der Waals surface area contributed by atoms with E-state index in [4.69, 9.17) is 14.0 Å². The standard InChI is InChI=1S/C10H15NO5S/c1-11(2)17(13,14)16-10-6-8(7-12)4-5-9(10)15-3/h4-6,12H,7H2,1-3H3. The zero-order chi connectivity index (χ0) is 13.1. The highest BCUT2D eigenvalue weighted by molar-refractivity contribution is 7.84. The highest BCUT2D eigenvalue weighted by Gasteiger charge is 2.18. The first-order valence-corrected chi connectivity index (χ1v) is 6.17. The second-order valence-electron chi connectivity index (χ2n) is 3.47. The summed E-state index contributed by atoms with van der Waals surface area (Å²) in [6, 6.07) is 4.57. The van der Waals surface area contributed by atoms with Crippen LogP contribution in [0.1, 0.15) is 5.56 Å². The van der Waals surface area contributed by atoms with E-state index in [9.17, 15) is 8.42 Å². The number of aliphatic hydroxyl groups is 1. The molecule has 0 amide bonds. The van der Waals surface area contributed by atoms with Crippen LogP contribution in [0.2, 0.25) is 0 Å². The van der Waals surface area contributed by atoms with Crippen LogP contribution in [-0.4, -0.2) is 39.0 Å². The predicted molar refractivity (Wildman–Crippen MR) is 62.2 cm³/mol. The van der Waals surface area contributed by atoms with E-state index >= 15 is 0 Å². The average Bonchev–Trinajstić information content (AvgIpc) is 2.28. The largest absolute Gasteiger partial charge is 0.493 e. The fourth-order valence-electron chi connectivity index (χ4n) is 1.07. The van der Waals surface area contributed by atoms with Crippen molar-refractivity contribution >= 4 is 10.3 Å². The van der Waals surface area contributed by atoms with Crippen molar-refractivity contribution in [2.24, 2.45) is 0 Å². The minimum atomic E-state index is -3.84. The van der Waals surface area contributed by atoms with Crippen LogP contribution in [0.4, 0.5) is 0 Å². The summed E-state index contributed by atoms with van der Waals surface area (Å²) in [5.41, 5.74) is 0.537. The highest BCUT2D eigenvalue weighted by atomic mass is 32.2. The maximum atomic E-state index is 11.6. The molecular formula is C10H15NO5S. The van der Waals surface area contributed by atoms with Crippen LogP contribution in [0.15, 0.2) is 18.2 Å². The van der Waals surface area contributed by atoms with Crippen molar-refractivity contribution in [2.45, 2.75) is 6.61 Å². The molecule has 0 aliphatic carbocycles. The van der Waals surface area contributed by atoms with Gasteiger partial charge in [0.15, 0.2) is 11.5 Å². The molecule has 1 N–H and O–H groups in total. The Balaban J connectivity index is 3.12. The molecular weight excluding hydrogens is 246 g/mol. The summed E-state index contributed by atoms with van der Waals surface area (Å²) in [6.07, 6.45) is 0. The van der Waals surface area contributed by atoms with Crippen LogP contribution in [-0.2, 0) is 16.9 Å². The van der Waals surface area contributed by atoms with Gasteiger partial charge < -0.3 is 14.0 Å². The third kappa shape index (κ3) is 3.32. The molecule has 17 heavy (non-hydrogen) atoms. The number of ether oxygens (including phenoxy) is 1. The van der Waals surface area contributed by atoms with Crippen molar-refractivity contribution in [2.75, 3.05) is 21.2 Å². The van der Waals surface area contributed by atoms with Crippen molar-refractivity contribution in [3.8, 4) is 11.5 Å². The van der Waals surface area contributed by atoms with Gasteiger partial charge in [-0.3, -0.25) is 0 Å². The summed E-state index contributed by atoms with van der Waals surface area (Å²) < 4.78 is 33.9. The van der Waals surface area contributed by atoms with E-state index in [0.717, 1.165) is 4.31 Å². The topological polar surface area (TPSA) is 76.1 Å². The molecule has 0 radical (unpaired) electrons. The molecule has 1 aromatic carbocycles. The molecule has 0 saturated heterocycles. The van der Waals surface area contributed by atoms with Gasteiger partial charge in [-0.05, 0) is 17.7 Å². The summed E-state index contributed by atoms with van der Waals surface area (Å²) in [4.78, 5) is 0. The minimum absolute atomic E-state index is 0.0488. The summed E-state index contributed by atoms with van der Waals surface area (Å²) in [6.45, 7) is -0.206. The van der Waals surface area contributed by atoms with E-state index in [-0.39, 0.29) is 18.1 Å². The molecule has 0 spiro atoms. The summed E-state index contributed by atoms with van der Waals surface area (Å²) >= 11 is 0. The van der Waals surface area contributed by atoms with Gasteiger partial charge in [-0.25, -0.2) is 0 Å². The third-order valence-electron chi connectivity index (χ3n) is 2.05. The van der Waals surface area contributed by atoms with Crippen LogP contribution in [0.25, 0.3) is 0 Å². The monoisotopic (exact) mass is 261 g/mol. The van der Waals surface area contributed by atoms with Gasteiger partial charge in [0.05, 0.1) is 13.7 Å². The van der Waals surface area contributed by atoms with E-state index in [2.05, 4.69) is 0 Å². The normalized spacial score (nSPS) is 11.6. The second kappa shape index (κ2) is 5.35. The first kappa shape index (κ1) is 13.8. The fourth-order valence-corrected chi connectivity index (χ4v) is 1.58. The number of nitrogens with zero attached hydrogens (tertiary/aromatic N) is 1. The molecule has 0 heterocycles. The lowest BCUT2D eigenvalue weighted by molar-refractivity contribution is 0.281. The molecule has 0 aromatic heterocycles. The zero-order valence-electron chi connectivity index (χ0n) is 9.87. The van der Waals surface area contributed by atoms with Crippen LogP contribution in [0.5, 0.6) is 11.5 Å². The Morgan fingerprint density at radius 2 is 1.94 bits per heavy atom.